The fourth-order valence-electron chi connectivity index (χ4n) is 1.90. The molecule has 1 radical (unpaired) electrons. The van der Waals surface area contributed by atoms with Gasteiger partial charge in [-0.05, 0) is 43.6 Å². The average molecular weight is 367 g/mol. The quantitative estimate of drug-likeness (QED) is 0.503. The summed E-state index contributed by atoms with van der Waals surface area (Å²) in [7, 11) is 0. The first-order valence-corrected chi connectivity index (χ1v) is 5.12. The fraction of sp³-hybridized carbons (Fsp3) is 0.500. The summed E-state index contributed by atoms with van der Waals surface area (Å²) in [6, 6.07) is 11.4. The van der Waals surface area contributed by atoms with E-state index in [-0.39, 0.29) is 43.5 Å². The zero-order chi connectivity index (χ0) is 8.93. The summed E-state index contributed by atoms with van der Waals surface area (Å²) in [4.78, 5) is 2.53. The monoisotopic (exact) mass is 365 g/mol. The summed E-state index contributed by atoms with van der Waals surface area (Å²) >= 11 is 0. The molecule has 0 bridgehead atoms. The van der Waals surface area contributed by atoms with Gasteiger partial charge in [-0.25, -0.2) is 0 Å². The van der Waals surface area contributed by atoms with Crippen molar-refractivity contribution in [2.24, 2.45) is 0 Å². The van der Waals surface area contributed by atoms with Gasteiger partial charge in [0.05, 0.1) is 0 Å². The zero-order valence-corrected chi connectivity index (χ0v) is 14.2. The molecule has 0 unspecified atom stereocenters. The summed E-state index contributed by atoms with van der Waals surface area (Å²) in [5.41, 5.74) is 1.39. The van der Waals surface area contributed by atoms with Crippen molar-refractivity contribution < 1.29 is 43.5 Å². The van der Waals surface area contributed by atoms with Crippen LogP contribution in [0.4, 0.5) is 0 Å². The van der Waals surface area contributed by atoms with Gasteiger partial charge in [0.1, 0.15) is 0 Å². The van der Waals surface area contributed by atoms with Crippen LogP contribution in [0.1, 0.15) is 24.8 Å². The molecule has 0 atom stereocenters. The van der Waals surface area contributed by atoms with Crippen molar-refractivity contribution in [1.82, 2.24) is 4.90 Å². The second-order valence-electron chi connectivity index (χ2n) is 3.75. The molecule has 0 N–H and O–H groups in total. The first-order valence-electron chi connectivity index (χ1n) is 5.12. The third-order valence-electron chi connectivity index (χ3n) is 2.63. The van der Waals surface area contributed by atoms with Crippen molar-refractivity contribution in [3.8, 4) is 0 Å². The molecule has 15 heavy (non-hydrogen) atoms. The van der Waals surface area contributed by atoms with E-state index in [0.29, 0.717) is 0 Å². The molecule has 1 aliphatic rings. The van der Waals surface area contributed by atoms with Gasteiger partial charge >= 0.3 is 0 Å². The molecule has 0 amide bonds. The molecular formula is C12H16INZn-. The molecule has 0 aromatic heterocycles. The Labute approximate surface area is 122 Å². The minimum Gasteiger partial charge on any atom is -1.00 e. The summed E-state index contributed by atoms with van der Waals surface area (Å²) < 4.78 is 0. The van der Waals surface area contributed by atoms with Crippen LogP contribution in [0.5, 0.6) is 0 Å². The maximum atomic E-state index is 3.12. The van der Waals surface area contributed by atoms with Crippen LogP contribution < -0.4 is 24.0 Å². The normalized spacial score (nSPS) is 16.3. The molecular weight excluding hydrogens is 350 g/mol. The number of rotatable bonds is 2. The Hall–Kier alpha value is 0.533. The van der Waals surface area contributed by atoms with Gasteiger partial charge in [-0.2, -0.15) is 0 Å². The SMILES string of the molecule is [I-].[Zn].[c]1cccc(CN2CCCCC2)c1. The molecule has 3 heteroatoms. The third-order valence-corrected chi connectivity index (χ3v) is 2.63. The van der Waals surface area contributed by atoms with Crippen molar-refractivity contribution in [3.05, 3.63) is 35.9 Å². The number of halogens is 1. The molecule has 0 aliphatic carbocycles. The van der Waals surface area contributed by atoms with Crippen LogP contribution in [-0.2, 0) is 26.0 Å². The van der Waals surface area contributed by atoms with E-state index in [0.717, 1.165) is 6.54 Å². The molecule has 2 rings (SSSR count). The second-order valence-corrected chi connectivity index (χ2v) is 3.75. The van der Waals surface area contributed by atoms with E-state index in [2.05, 4.69) is 29.2 Å². The Morgan fingerprint density at radius 3 is 2.53 bits per heavy atom. The van der Waals surface area contributed by atoms with Gasteiger partial charge in [-0.1, -0.05) is 24.6 Å². The first-order chi connectivity index (χ1) is 6.45. The molecule has 1 saturated heterocycles. The number of likely N-dealkylation sites (tertiary alicyclic amines) is 1. The van der Waals surface area contributed by atoms with Gasteiger partial charge in [-0.3, -0.25) is 4.90 Å². The second kappa shape index (κ2) is 8.66. The van der Waals surface area contributed by atoms with E-state index in [4.69, 9.17) is 0 Å². The molecule has 0 saturated carbocycles. The van der Waals surface area contributed by atoms with E-state index >= 15 is 0 Å². The third kappa shape index (κ3) is 5.41. The van der Waals surface area contributed by atoms with E-state index in [1.165, 1.54) is 37.9 Å². The Morgan fingerprint density at radius 1 is 1.20 bits per heavy atom. The van der Waals surface area contributed by atoms with Crippen molar-refractivity contribution in [3.63, 3.8) is 0 Å². The van der Waals surface area contributed by atoms with Crippen LogP contribution in [0.2, 0.25) is 0 Å². The number of nitrogens with zero attached hydrogens (tertiary/aromatic N) is 1. The van der Waals surface area contributed by atoms with E-state index in [1.54, 1.807) is 0 Å². The number of piperidine rings is 1. The van der Waals surface area contributed by atoms with Crippen LogP contribution in [0.3, 0.4) is 0 Å². The van der Waals surface area contributed by atoms with Crippen molar-refractivity contribution in [1.29, 1.82) is 0 Å². The van der Waals surface area contributed by atoms with E-state index < -0.39 is 0 Å². The van der Waals surface area contributed by atoms with Crippen LogP contribution in [0.15, 0.2) is 24.3 Å². The maximum Gasteiger partial charge on any atom is 0.0233 e. The number of hydrogen-bond acceptors (Lipinski definition) is 1. The average Bonchev–Trinajstić information content (AvgIpc) is 2.21. The predicted molar refractivity (Wildman–Crippen MR) is 54.4 cm³/mol. The zero-order valence-electron chi connectivity index (χ0n) is 9.08. The predicted octanol–water partition coefficient (Wildman–Crippen LogP) is -0.526. The molecule has 1 fully saturated rings. The Morgan fingerprint density at radius 2 is 1.93 bits per heavy atom. The van der Waals surface area contributed by atoms with Gasteiger partial charge in [0, 0.05) is 26.0 Å². The van der Waals surface area contributed by atoms with Crippen molar-refractivity contribution >= 4 is 0 Å². The minimum atomic E-state index is 0. The molecule has 1 aromatic carbocycles. The van der Waals surface area contributed by atoms with Crippen molar-refractivity contribution in [2.75, 3.05) is 13.1 Å². The summed E-state index contributed by atoms with van der Waals surface area (Å²) in [5.74, 6) is 0. The van der Waals surface area contributed by atoms with E-state index in [9.17, 15) is 0 Å². The summed E-state index contributed by atoms with van der Waals surface area (Å²) in [5, 5.41) is 0. The largest absolute Gasteiger partial charge is 1.00 e. The van der Waals surface area contributed by atoms with E-state index in [1.807, 2.05) is 6.07 Å². The van der Waals surface area contributed by atoms with Crippen LogP contribution in [0, 0.1) is 6.07 Å². The first kappa shape index (κ1) is 15.5. The van der Waals surface area contributed by atoms with Gasteiger partial charge in [-0.15, -0.1) is 0 Å². The molecule has 1 aliphatic heterocycles. The van der Waals surface area contributed by atoms with Gasteiger partial charge in [0.25, 0.3) is 0 Å². The van der Waals surface area contributed by atoms with Gasteiger partial charge in [0.2, 0.25) is 0 Å². The molecule has 1 aromatic rings. The van der Waals surface area contributed by atoms with Crippen LogP contribution in [0.25, 0.3) is 0 Å². The standard InChI is InChI=1S/C12H16N.HI.Zn/c1-3-7-12(8-4-1)11-13-9-5-2-6-10-13;;/h1,3,7-8H,2,5-6,9-11H2;1H;/p-1. The number of benzene rings is 1. The fourth-order valence-corrected chi connectivity index (χ4v) is 1.90. The number of hydrogen-bond donors (Lipinski definition) is 0. The van der Waals surface area contributed by atoms with Gasteiger partial charge in [0.15, 0.2) is 0 Å². The molecule has 1 heterocycles. The summed E-state index contributed by atoms with van der Waals surface area (Å²) in [6.45, 7) is 3.65. The molecule has 1 nitrogen and oxygen atoms in total. The van der Waals surface area contributed by atoms with Crippen LogP contribution >= 0.6 is 0 Å². The van der Waals surface area contributed by atoms with Crippen LogP contribution in [-0.4, -0.2) is 18.0 Å². The molecule has 0 spiro atoms. The Bertz CT molecular complexity index is 247. The van der Waals surface area contributed by atoms with Crippen molar-refractivity contribution in [2.45, 2.75) is 25.8 Å². The minimum absolute atomic E-state index is 0. The Balaban J connectivity index is 0.000000980. The summed E-state index contributed by atoms with van der Waals surface area (Å²) in [6.07, 6.45) is 4.16. The maximum absolute atomic E-state index is 3.12. The molecule has 79 valence electrons. The Kier molecular flexibility index (Phi) is 8.97. The smallest absolute Gasteiger partial charge is 0.0233 e. The topological polar surface area (TPSA) is 3.24 Å². The van der Waals surface area contributed by atoms with Gasteiger partial charge < -0.3 is 24.0 Å².